The average molecular weight is 1820 g/mol. The predicted octanol–water partition coefficient (Wildman–Crippen LogP) is 19.9. The number of nitrogens with zero attached hydrogens (tertiary/aromatic N) is 26. The zero-order chi connectivity index (χ0) is 93.2. The number of hydrogen-bond acceptors (Lipinski definition) is 10. The van der Waals surface area contributed by atoms with Gasteiger partial charge in [0.25, 0.3) is 11.0 Å². The lowest BCUT2D eigenvalue weighted by atomic mass is 9.92. The van der Waals surface area contributed by atoms with Gasteiger partial charge < -0.3 is 4.57 Å². The molecule has 0 saturated heterocycles. The van der Waals surface area contributed by atoms with Crippen molar-refractivity contribution in [2.45, 2.75) is 67.3 Å². The summed E-state index contributed by atoms with van der Waals surface area (Å²) < 4.78 is 36.5. The molecule has 666 valence electrons. The fourth-order valence-electron chi connectivity index (χ4n) is 25.2. The van der Waals surface area contributed by atoms with Gasteiger partial charge in [0.15, 0.2) is 41.7 Å². The summed E-state index contributed by atoms with van der Waals surface area (Å²) in [5, 5.41) is 9.54. The van der Waals surface area contributed by atoms with Crippen LogP contribution in [0.15, 0.2) is 268 Å². The molecule has 22 aromatic heterocycles. The van der Waals surface area contributed by atoms with Crippen molar-refractivity contribution in [2.75, 3.05) is 0 Å². The van der Waals surface area contributed by atoms with Gasteiger partial charge in [-0.05, 0) is 204 Å². The molecule has 23 heterocycles. The molecular weight excluding hydrogens is 1730 g/mol. The summed E-state index contributed by atoms with van der Waals surface area (Å²) in [6.45, 7) is 15.3. The van der Waals surface area contributed by atoms with Crippen LogP contribution in [0, 0.1) is 48.5 Å². The summed E-state index contributed by atoms with van der Waals surface area (Å²) in [4.78, 5) is 48.5. The fraction of sp³-hybridized carbons (Fsp3) is 0.132. The Kier molecular flexibility index (Phi) is 14.9. The minimum absolute atomic E-state index is 0.383. The summed E-state index contributed by atoms with van der Waals surface area (Å²) >= 11 is 0. The quantitative estimate of drug-likeness (QED) is 0.0800. The molecule has 33 aromatic rings. The number of fused-ring (bicyclic) bond motifs is 35. The largest absolute Gasteiger partial charge is 0.301 e. The molecule has 0 amide bonds. The first-order valence-electron chi connectivity index (χ1n) is 47.7. The van der Waals surface area contributed by atoms with Crippen LogP contribution in [0.4, 0.5) is 0 Å². The lowest BCUT2D eigenvalue weighted by molar-refractivity contribution is -0.660. The van der Waals surface area contributed by atoms with E-state index in [1.54, 1.807) is 12.7 Å². The number of aromatic nitrogens is 26. The zero-order valence-corrected chi connectivity index (χ0v) is 78.5. The van der Waals surface area contributed by atoms with Gasteiger partial charge in [0, 0.05) is 35.5 Å². The van der Waals surface area contributed by atoms with Gasteiger partial charge in [0.1, 0.15) is 62.7 Å². The van der Waals surface area contributed by atoms with Crippen LogP contribution in [0.2, 0.25) is 0 Å². The Morgan fingerprint density at radius 2 is 0.750 bits per heavy atom. The Labute approximate surface area is 792 Å². The van der Waals surface area contributed by atoms with Gasteiger partial charge in [0.05, 0.1) is 173 Å². The topological polar surface area (TPSA) is 198 Å². The standard InChI is InChI=1S/C23H17N6.C23H18N5.C23H16N5.C23H19N4.C22H15N6/c1-12-8-9-16-20-17(12)21-18-19(13(2)10-27(21)3)24-11-25-22(18)29(20)23-26-14-6-4-5-7-15(14)28(16)23;1-13-11-12-19-22-20(13)28-21-15(14(2)25(28)3)7-6-10-18(21)27(22)23-24-16-8-4-5-9-17(16)26(19)23;1-13-7-8-17-20-18(13)21-19-14(10-12-26(21)2)9-11-24-22(19)28(20)23-25-15-5-3-4-6-16(15)27(17)23;1-13-7-9-18-21-19(13)22-20-14(11-12-25(22)2)8-10-17(20)27(21)23-24-15-5-3-4-6-16(15)26(18)23;1-12-7-8-16-19-17(12)20-18-14(9-10-26(20)2)23-11-24-21(18)28(19)22-25-13-5-3-4-6-15(13)27(16)22/h4-11H,1-3H3;4-12H,1-3H3;3-12H,1-2H3;3-7,9,11-12,17H,8,10H2,1-2H3;3-11H,1-2H3/q5*+1. The molecule has 0 N–H and O–H groups in total. The van der Waals surface area contributed by atoms with Crippen LogP contribution < -0.4 is 22.8 Å². The highest BCUT2D eigenvalue weighted by Crippen LogP contribution is 2.51. The molecule has 1 atom stereocenters. The molecule has 2 aliphatic rings. The number of imidazole rings is 10. The Bertz CT molecular complexity index is 11100. The lowest BCUT2D eigenvalue weighted by Crippen LogP contribution is -2.34. The first-order valence-corrected chi connectivity index (χ1v) is 47.7. The normalized spacial score (nSPS) is 13.6. The number of hydrogen-bond donors (Lipinski definition) is 0. The van der Waals surface area contributed by atoms with Crippen LogP contribution in [0.1, 0.15) is 62.7 Å². The molecule has 1 unspecified atom stereocenters. The van der Waals surface area contributed by atoms with E-state index in [0.717, 1.165) is 169 Å². The predicted molar refractivity (Wildman–Crippen MR) is 551 cm³/mol. The fourth-order valence-corrected chi connectivity index (χ4v) is 25.2. The van der Waals surface area contributed by atoms with Crippen molar-refractivity contribution in [1.82, 2.24) is 98.7 Å². The Hall–Kier alpha value is -18.1. The van der Waals surface area contributed by atoms with Crippen molar-refractivity contribution >= 4 is 243 Å². The molecule has 0 fully saturated rings. The summed E-state index contributed by atoms with van der Waals surface area (Å²) in [6, 6.07) is 79.5. The maximum absolute atomic E-state index is 5.06. The Morgan fingerprint density at radius 1 is 0.307 bits per heavy atom. The van der Waals surface area contributed by atoms with Crippen molar-refractivity contribution in [3.63, 3.8) is 0 Å². The number of pyridine rings is 8. The molecule has 1 aliphatic heterocycles. The van der Waals surface area contributed by atoms with Gasteiger partial charge in [-0.3, -0.25) is 39.6 Å². The van der Waals surface area contributed by atoms with Crippen molar-refractivity contribution < 1.29 is 22.8 Å². The minimum Gasteiger partial charge on any atom is -0.301 e. The van der Waals surface area contributed by atoms with Crippen molar-refractivity contribution in [1.29, 1.82) is 0 Å². The monoisotopic (exact) mass is 1820 g/mol. The van der Waals surface area contributed by atoms with Gasteiger partial charge in [0.2, 0.25) is 51.1 Å². The van der Waals surface area contributed by atoms with E-state index in [9.17, 15) is 0 Å². The van der Waals surface area contributed by atoms with Crippen molar-refractivity contribution in [2.24, 2.45) is 35.2 Å². The number of aryl methyl sites for hydroxylation is 13. The maximum Gasteiger partial charge on any atom is 0.269 e. The third kappa shape index (κ3) is 9.53. The SMILES string of the molecule is Cc1c[n+](C)c2c3c(C)ccc4c3n(c3ncnc1c32)c1nc2ccccc2n41.Cc1ccc2c3c1-c1c4c(cc[n+]1C)CCC4n3c1nc3ccccc3n21.Cc1ccc2c3c1[n+]1c4c(cccc4n3c3nc4ccccc4n23)c(C)n1C.Cc1ccc2c3c1c1c4c(cc[n+]1C)ncnc4n3c1nc3ccccc3n21.Cc1ccc2c3c1c1c4c(ccnc4n3c3nc4ccccc4n23)cc[n+]1C. The van der Waals surface area contributed by atoms with Crippen LogP contribution in [0.25, 0.3) is 255 Å². The average Bonchev–Trinajstić information content (AvgIpc) is 1.52. The van der Waals surface area contributed by atoms with E-state index in [1.165, 1.54) is 149 Å². The van der Waals surface area contributed by atoms with Gasteiger partial charge in [-0.25, -0.2) is 63.5 Å². The van der Waals surface area contributed by atoms with Crippen molar-refractivity contribution in [3.05, 3.63) is 318 Å². The van der Waals surface area contributed by atoms with Gasteiger partial charge in [-0.1, -0.05) is 102 Å². The molecule has 0 spiro atoms. The first-order chi connectivity index (χ1) is 68.5. The van der Waals surface area contributed by atoms with E-state index in [1.807, 2.05) is 30.5 Å². The molecule has 26 heteroatoms. The zero-order valence-electron chi connectivity index (χ0n) is 78.5. The number of para-hydroxylation sites is 11. The third-order valence-corrected chi connectivity index (χ3v) is 31.2. The Morgan fingerprint density at radius 3 is 1.31 bits per heavy atom. The number of benzene rings is 11. The molecule has 0 saturated carbocycles. The minimum atomic E-state index is 0.383. The van der Waals surface area contributed by atoms with Crippen LogP contribution in [-0.4, -0.2) is 98.7 Å². The van der Waals surface area contributed by atoms with E-state index >= 15 is 0 Å². The molecule has 1 aliphatic carbocycles. The van der Waals surface area contributed by atoms with E-state index in [4.69, 9.17) is 39.9 Å². The second-order valence-electron chi connectivity index (χ2n) is 38.7. The van der Waals surface area contributed by atoms with Gasteiger partial charge in [-0.15, -0.1) is 0 Å². The van der Waals surface area contributed by atoms with Crippen LogP contribution in [-0.2, 0) is 41.7 Å². The summed E-state index contributed by atoms with van der Waals surface area (Å²) in [7, 11) is 10.6. The molecule has 26 nitrogen and oxygen atoms in total. The highest BCUT2D eigenvalue weighted by atomic mass is 15.4. The summed E-state index contributed by atoms with van der Waals surface area (Å²) in [5.74, 6) is 4.75. The van der Waals surface area contributed by atoms with Crippen molar-refractivity contribution in [3.8, 4) is 11.3 Å². The maximum atomic E-state index is 5.06. The van der Waals surface area contributed by atoms with Gasteiger partial charge in [-0.2, -0.15) is 9.25 Å². The second-order valence-corrected chi connectivity index (χ2v) is 38.7. The van der Waals surface area contributed by atoms with Crippen LogP contribution in [0.5, 0.6) is 0 Å². The van der Waals surface area contributed by atoms with E-state index in [-0.39, 0.29) is 0 Å². The molecular formula is C114H85N26+5. The smallest absolute Gasteiger partial charge is 0.269 e. The van der Waals surface area contributed by atoms with E-state index in [0.29, 0.717) is 6.04 Å². The van der Waals surface area contributed by atoms with E-state index in [2.05, 4.69) is 390 Å². The van der Waals surface area contributed by atoms with Crippen LogP contribution in [0.3, 0.4) is 0 Å². The molecule has 11 aromatic carbocycles. The first kappa shape index (κ1) is 77.2. The molecule has 140 heavy (non-hydrogen) atoms. The highest BCUT2D eigenvalue weighted by molar-refractivity contribution is 6.23. The summed E-state index contributed by atoms with van der Waals surface area (Å²) in [6.07, 6.45) is 16.1. The summed E-state index contributed by atoms with van der Waals surface area (Å²) in [5.41, 5.74) is 49.2. The molecule has 35 rings (SSSR count). The van der Waals surface area contributed by atoms with Crippen LogP contribution >= 0.6 is 0 Å². The van der Waals surface area contributed by atoms with Gasteiger partial charge >= 0.3 is 0 Å². The molecule has 0 radical (unpaired) electrons. The van der Waals surface area contributed by atoms with E-state index < -0.39 is 0 Å². The molecule has 0 bridgehead atoms. The lowest BCUT2D eigenvalue weighted by Gasteiger charge is -2.24. The third-order valence-electron chi connectivity index (χ3n) is 31.2. The number of rotatable bonds is 0. The second kappa shape index (κ2) is 27.0. The highest BCUT2D eigenvalue weighted by Gasteiger charge is 2.42. The Balaban J connectivity index is 0.0000000806.